The van der Waals surface area contributed by atoms with Gasteiger partial charge in [0.1, 0.15) is 0 Å². The zero-order valence-electron chi connectivity index (χ0n) is 11.9. The fraction of sp³-hybridized carbons (Fsp3) is 1.00. The second kappa shape index (κ2) is 3.87. The van der Waals surface area contributed by atoms with Gasteiger partial charge >= 0.3 is 0 Å². The molecule has 14 heavy (non-hydrogen) atoms. The molecular weight excluding hydrogens is 168 g/mol. The Kier molecular flexibility index (Phi) is 2.91. The van der Waals surface area contributed by atoms with Crippen LogP contribution in [0.1, 0.15) is 68.6 Å². The second-order valence-corrected chi connectivity index (χ2v) is 6.54. The molecule has 1 fully saturated rings. The Hall–Kier alpha value is 0. The van der Waals surface area contributed by atoms with Gasteiger partial charge in [-0.1, -0.05) is 67.2 Å². The molecule has 0 aliphatic heterocycles. The molecule has 0 saturated heterocycles. The van der Waals surface area contributed by atoms with Crippen molar-refractivity contribution in [1.82, 2.24) is 0 Å². The summed E-state index contributed by atoms with van der Waals surface area (Å²) >= 11 is 0. The van der Waals surface area contributed by atoms with Gasteiger partial charge in [0.25, 0.3) is 0 Å². The van der Waals surface area contributed by atoms with Gasteiger partial charge in [0, 0.05) is 1.37 Å². The third-order valence-electron chi connectivity index (χ3n) is 4.83. The molecule has 1 rings (SSSR count). The first kappa shape index (κ1) is 10.5. The highest BCUT2D eigenvalue weighted by molar-refractivity contribution is 4.90. The Morgan fingerprint density at radius 1 is 1.07 bits per heavy atom. The SMILES string of the molecule is [2H]C(C)(C1CCCC1)C(C)(C)C(C)(C)C. The van der Waals surface area contributed by atoms with Gasteiger partial charge in [0.2, 0.25) is 0 Å². The molecule has 1 atom stereocenters. The molecule has 1 aliphatic carbocycles. The van der Waals surface area contributed by atoms with Crippen LogP contribution in [0.2, 0.25) is 0 Å². The maximum absolute atomic E-state index is 8.78. The highest BCUT2D eigenvalue weighted by atomic mass is 14.5. The molecule has 0 N–H and O–H groups in total. The van der Waals surface area contributed by atoms with E-state index in [9.17, 15) is 0 Å². The first-order valence-electron chi connectivity index (χ1n) is 6.61. The number of hydrogen-bond acceptors (Lipinski definition) is 0. The summed E-state index contributed by atoms with van der Waals surface area (Å²) < 4.78 is 8.78. The zero-order chi connectivity index (χ0) is 11.9. The van der Waals surface area contributed by atoms with Gasteiger partial charge in [-0.2, -0.15) is 0 Å². The molecule has 1 aliphatic rings. The largest absolute Gasteiger partial charge is 0.0617 e. The molecule has 84 valence electrons. The van der Waals surface area contributed by atoms with E-state index in [1.165, 1.54) is 25.7 Å². The zero-order valence-corrected chi connectivity index (χ0v) is 10.9. The van der Waals surface area contributed by atoms with E-state index < -0.39 is 0 Å². The lowest BCUT2D eigenvalue weighted by Gasteiger charge is -2.46. The van der Waals surface area contributed by atoms with Crippen molar-refractivity contribution in [2.24, 2.45) is 22.6 Å². The van der Waals surface area contributed by atoms with Crippen molar-refractivity contribution in [3.63, 3.8) is 0 Å². The van der Waals surface area contributed by atoms with Gasteiger partial charge in [0.15, 0.2) is 0 Å². The van der Waals surface area contributed by atoms with Crippen LogP contribution in [-0.4, -0.2) is 0 Å². The van der Waals surface area contributed by atoms with E-state index in [0.717, 1.165) is 0 Å². The smallest absolute Gasteiger partial charge is 0.0308 e. The third kappa shape index (κ3) is 2.15. The highest BCUT2D eigenvalue weighted by Gasteiger charge is 2.41. The number of hydrogen-bond donors (Lipinski definition) is 0. The maximum atomic E-state index is 8.78. The average Bonchev–Trinajstić information content (AvgIpc) is 2.53. The summed E-state index contributed by atoms with van der Waals surface area (Å²) in [5.41, 5.74) is 0.265. The van der Waals surface area contributed by atoms with Gasteiger partial charge in [-0.15, -0.1) is 0 Å². The molecule has 0 amide bonds. The third-order valence-corrected chi connectivity index (χ3v) is 4.83. The first-order chi connectivity index (χ1) is 6.61. The lowest BCUT2D eigenvalue weighted by molar-refractivity contribution is 0.0314. The maximum Gasteiger partial charge on any atom is 0.0308 e. The molecule has 0 aromatic rings. The van der Waals surface area contributed by atoms with Gasteiger partial charge in [-0.05, 0) is 22.6 Å². The van der Waals surface area contributed by atoms with E-state index in [-0.39, 0.29) is 16.7 Å². The minimum absolute atomic E-state index is 0.0645. The second-order valence-electron chi connectivity index (χ2n) is 6.54. The molecule has 1 saturated carbocycles. The van der Waals surface area contributed by atoms with Crippen LogP contribution < -0.4 is 0 Å². The highest BCUT2D eigenvalue weighted by Crippen LogP contribution is 2.49. The van der Waals surface area contributed by atoms with Gasteiger partial charge in [0.05, 0.1) is 0 Å². The van der Waals surface area contributed by atoms with Gasteiger partial charge in [-0.25, -0.2) is 0 Å². The van der Waals surface area contributed by atoms with Gasteiger partial charge < -0.3 is 0 Å². The topological polar surface area (TPSA) is 0 Å². The summed E-state index contributed by atoms with van der Waals surface area (Å²) in [4.78, 5) is 0. The van der Waals surface area contributed by atoms with Crippen LogP contribution in [0.15, 0.2) is 0 Å². The Morgan fingerprint density at radius 3 is 1.86 bits per heavy atom. The summed E-state index contributed by atoms with van der Waals surface area (Å²) in [7, 11) is 0. The fourth-order valence-electron chi connectivity index (χ4n) is 2.46. The normalized spacial score (nSPS) is 26.0. The lowest BCUT2D eigenvalue weighted by atomic mass is 9.59. The predicted octanol–water partition coefficient (Wildman–Crippen LogP) is 4.89. The summed E-state index contributed by atoms with van der Waals surface area (Å²) in [6, 6.07) is 0. The molecule has 1 unspecified atom stereocenters. The van der Waals surface area contributed by atoms with Crippen molar-refractivity contribution in [3.05, 3.63) is 0 Å². The summed E-state index contributed by atoms with van der Waals surface area (Å²) in [5, 5.41) is 0. The molecule has 0 heteroatoms. The Labute approximate surface area is 91.9 Å². The standard InChI is InChI=1S/C14H28/c1-11(12-9-7-8-10-12)14(5,6)13(2,3)4/h11-12H,7-10H2,1-6H3/i11D. The van der Waals surface area contributed by atoms with Crippen LogP contribution in [0.4, 0.5) is 0 Å². The Morgan fingerprint density at radius 2 is 1.50 bits per heavy atom. The van der Waals surface area contributed by atoms with Crippen LogP contribution in [0.5, 0.6) is 0 Å². The Bertz CT molecular complexity index is 214. The average molecular weight is 197 g/mol. The van der Waals surface area contributed by atoms with Crippen LogP contribution in [0, 0.1) is 22.6 Å². The van der Waals surface area contributed by atoms with Crippen LogP contribution in [0.25, 0.3) is 0 Å². The van der Waals surface area contributed by atoms with E-state index >= 15 is 0 Å². The van der Waals surface area contributed by atoms with E-state index in [0.29, 0.717) is 5.92 Å². The minimum Gasteiger partial charge on any atom is -0.0617 e. The summed E-state index contributed by atoms with van der Waals surface area (Å²) in [5.74, 6) is 0.314. The van der Waals surface area contributed by atoms with E-state index in [1.807, 2.05) is 0 Å². The predicted molar refractivity (Wildman–Crippen MR) is 64.4 cm³/mol. The minimum atomic E-state index is -0.290. The molecule has 0 heterocycles. The summed E-state index contributed by atoms with van der Waals surface area (Å²) in [6.07, 6.45) is 5.19. The van der Waals surface area contributed by atoms with Crippen molar-refractivity contribution >= 4 is 0 Å². The quantitative estimate of drug-likeness (QED) is 0.591. The molecular formula is C14H28. The lowest BCUT2D eigenvalue weighted by Crippen LogP contribution is -2.38. The molecule has 0 spiro atoms. The van der Waals surface area contributed by atoms with Crippen molar-refractivity contribution in [2.45, 2.75) is 67.2 Å². The van der Waals surface area contributed by atoms with Crippen LogP contribution in [-0.2, 0) is 0 Å². The van der Waals surface area contributed by atoms with Crippen molar-refractivity contribution in [2.75, 3.05) is 0 Å². The summed E-state index contributed by atoms with van der Waals surface area (Å²) in [6.45, 7) is 13.5. The van der Waals surface area contributed by atoms with Crippen LogP contribution >= 0.6 is 0 Å². The molecule has 0 aromatic carbocycles. The number of rotatable bonds is 2. The van der Waals surface area contributed by atoms with Crippen LogP contribution in [0.3, 0.4) is 0 Å². The molecule has 0 radical (unpaired) electrons. The van der Waals surface area contributed by atoms with E-state index in [4.69, 9.17) is 1.37 Å². The molecule has 0 bridgehead atoms. The van der Waals surface area contributed by atoms with Crippen molar-refractivity contribution < 1.29 is 1.37 Å². The van der Waals surface area contributed by atoms with Gasteiger partial charge in [-0.3, -0.25) is 0 Å². The van der Waals surface area contributed by atoms with E-state index in [1.54, 1.807) is 0 Å². The monoisotopic (exact) mass is 197 g/mol. The molecule has 0 aromatic heterocycles. The first-order valence-corrected chi connectivity index (χ1v) is 6.11. The fourth-order valence-corrected chi connectivity index (χ4v) is 2.46. The molecule has 0 nitrogen and oxygen atoms in total. The van der Waals surface area contributed by atoms with Crippen molar-refractivity contribution in [1.29, 1.82) is 0 Å². The van der Waals surface area contributed by atoms with E-state index in [2.05, 4.69) is 41.5 Å². The Balaban J connectivity index is 2.92. The van der Waals surface area contributed by atoms with Crippen molar-refractivity contribution in [3.8, 4) is 0 Å².